The van der Waals surface area contributed by atoms with E-state index in [0.717, 1.165) is 37.9 Å². The summed E-state index contributed by atoms with van der Waals surface area (Å²) < 4.78 is 6.01. The van der Waals surface area contributed by atoms with Gasteiger partial charge in [-0.15, -0.1) is 0 Å². The monoisotopic (exact) mass is 338 g/mol. The van der Waals surface area contributed by atoms with Crippen LogP contribution in [-0.2, 0) is 4.79 Å². The minimum atomic E-state index is -0.696. The number of hydrogen-bond acceptors (Lipinski definition) is 3. The first kappa shape index (κ1) is 17.0. The highest BCUT2D eigenvalue weighted by atomic mass is 16.5. The number of carbonyl (C=O) groups excluding carboxylic acids is 2. The Hall–Kier alpha value is -2.82. The topological polar surface area (TPSA) is 72.6 Å². The zero-order chi connectivity index (χ0) is 17.6. The predicted molar refractivity (Wildman–Crippen MR) is 95.2 cm³/mol. The van der Waals surface area contributed by atoms with Crippen LogP contribution in [0.2, 0.25) is 0 Å². The van der Waals surface area contributed by atoms with Crippen LogP contribution in [0.15, 0.2) is 54.6 Å². The molecular weight excluding hydrogens is 316 g/mol. The van der Waals surface area contributed by atoms with Crippen molar-refractivity contribution in [2.75, 3.05) is 13.1 Å². The van der Waals surface area contributed by atoms with E-state index >= 15 is 0 Å². The van der Waals surface area contributed by atoms with Crippen LogP contribution in [0.4, 0.5) is 0 Å². The molecule has 25 heavy (non-hydrogen) atoms. The summed E-state index contributed by atoms with van der Waals surface area (Å²) in [6, 6.07) is 16.0. The van der Waals surface area contributed by atoms with Crippen molar-refractivity contribution in [3.8, 4) is 5.75 Å². The second-order valence-corrected chi connectivity index (χ2v) is 6.18. The van der Waals surface area contributed by atoms with Crippen LogP contribution in [0.25, 0.3) is 0 Å². The summed E-state index contributed by atoms with van der Waals surface area (Å²) in [7, 11) is 0. The van der Waals surface area contributed by atoms with Gasteiger partial charge in [-0.25, -0.2) is 0 Å². The molecule has 1 aliphatic heterocycles. The third kappa shape index (κ3) is 4.18. The molecule has 2 amide bonds. The lowest BCUT2D eigenvalue weighted by Gasteiger charge is -2.30. The van der Waals surface area contributed by atoms with Gasteiger partial charge in [0.1, 0.15) is 5.75 Å². The molecule has 0 aromatic heterocycles. The maximum atomic E-state index is 13.0. The second-order valence-electron chi connectivity index (χ2n) is 6.18. The van der Waals surface area contributed by atoms with Gasteiger partial charge in [-0.05, 0) is 43.5 Å². The molecule has 1 saturated heterocycles. The van der Waals surface area contributed by atoms with Gasteiger partial charge >= 0.3 is 0 Å². The Bertz CT molecular complexity index is 722. The molecule has 1 heterocycles. The highest BCUT2D eigenvalue weighted by Gasteiger charge is 2.28. The van der Waals surface area contributed by atoms with Crippen molar-refractivity contribution >= 4 is 11.8 Å². The molecule has 0 bridgehead atoms. The Morgan fingerprint density at radius 3 is 2.16 bits per heavy atom. The van der Waals surface area contributed by atoms with E-state index in [9.17, 15) is 9.59 Å². The molecule has 0 radical (unpaired) electrons. The maximum Gasteiger partial charge on any atom is 0.268 e. The van der Waals surface area contributed by atoms with Crippen molar-refractivity contribution in [3.63, 3.8) is 0 Å². The van der Waals surface area contributed by atoms with E-state index in [1.807, 2.05) is 35.2 Å². The number of piperidine rings is 1. The highest BCUT2D eigenvalue weighted by Crippen LogP contribution is 2.25. The first-order chi connectivity index (χ1) is 12.1. The lowest BCUT2D eigenvalue weighted by molar-refractivity contribution is -0.140. The number of amides is 2. The molecule has 2 N–H and O–H groups in total. The van der Waals surface area contributed by atoms with Gasteiger partial charge in [-0.1, -0.05) is 30.3 Å². The third-order valence-electron chi connectivity index (χ3n) is 4.39. The van der Waals surface area contributed by atoms with Crippen molar-refractivity contribution in [2.24, 2.45) is 5.73 Å². The van der Waals surface area contributed by atoms with Crippen molar-refractivity contribution in [1.29, 1.82) is 0 Å². The first-order valence-electron chi connectivity index (χ1n) is 8.55. The van der Waals surface area contributed by atoms with Crippen molar-refractivity contribution in [2.45, 2.75) is 25.4 Å². The Kier molecular flexibility index (Phi) is 5.33. The number of nitrogens with zero attached hydrogens (tertiary/aromatic N) is 1. The van der Waals surface area contributed by atoms with Crippen LogP contribution in [0, 0.1) is 0 Å². The zero-order valence-electron chi connectivity index (χ0n) is 14.1. The van der Waals surface area contributed by atoms with E-state index in [-0.39, 0.29) is 5.91 Å². The summed E-state index contributed by atoms with van der Waals surface area (Å²) in [5.74, 6) is 0.0182. The number of primary amides is 1. The predicted octanol–water partition coefficient (Wildman–Crippen LogP) is 2.92. The highest BCUT2D eigenvalue weighted by molar-refractivity contribution is 5.92. The van der Waals surface area contributed by atoms with Crippen molar-refractivity contribution < 1.29 is 14.3 Å². The number of likely N-dealkylation sites (tertiary alicyclic amines) is 1. The summed E-state index contributed by atoms with van der Waals surface area (Å²) in [5, 5.41) is 0. The Balaban J connectivity index is 1.83. The smallest absolute Gasteiger partial charge is 0.268 e. The van der Waals surface area contributed by atoms with Gasteiger partial charge < -0.3 is 15.4 Å². The molecule has 3 rings (SSSR count). The van der Waals surface area contributed by atoms with Gasteiger partial charge in [-0.2, -0.15) is 0 Å². The molecule has 5 heteroatoms. The summed E-state index contributed by atoms with van der Waals surface area (Å²) in [4.78, 5) is 26.1. The van der Waals surface area contributed by atoms with Gasteiger partial charge in [0.15, 0.2) is 0 Å². The van der Waals surface area contributed by atoms with Crippen molar-refractivity contribution in [1.82, 2.24) is 4.90 Å². The van der Waals surface area contributed by atoms with Crippen molar-refractivity contribution in [3.05, 3.63) is 65.7 Å². The van der Waals surface area contributed by atoms with Gasteiger partial charge in [0, 0.05) is 24.2 Å². The molecule has 1 fully saturated rings. The first-order valence-corrected chi connectivity index (χ1v) is 8.55. The SMILES string of the molecule is NC(=O)c1ccc(O[C@@H](C(=O)N2CCCCC2)c2ccccc2)cc1. The number of benzene rings is 2. The molecule has 0 unspecified atom stereocenters. The molecule has 0 aliphatic carbocycles. The number of nitrogens with two attached hydrogens (primary N) is 1. The van der Waals surface area contributed by atoms with Crippen LogP contribution in [0.1, 0.15) is 41.3 Å². The van der Waals surface area contributed by atoms with E-state index in [2.05, 4.69) is 0 Å². The summed E-state index contributed by atoms with van der Waals surface area (Å²) in [5.41, 5.74) is 6.49. The van der Waals surface area contributed by atoms with Crippen LogP contribution < -0.4 is 10.5 Å². The molecule has 0 spiro atoms. The minimum absolute atomic E-state index is 0.0233. The summed E-state index contributed by atoms with van der Waals surface area (Å²) in [6.07, 6.45) is 2.52. The van der Waals surface area contributed by atoms with Gasteiger partial charge in [0.25, 0.3) is 5.91 Å². The summed E-state index contributed by atoms with van der Waals surface area (Å²) in [6.45, 7) is 1.54. The second kappa shape index (κ2) is 7.83. The molecule has 2 aromatic carbocycles. The van der Waals surface area contributed by atoms with E-state index in [1.54, 1.807) is 24.3 Å². The van der Waals surface area contributed by atoms with Crippen LogP contribution in [0.3, 0.4) is 0 Å². The zero-order valence-corrected chi connectivity index (χ0v) is 14.1. The Labute approximate surface area is 147 Å². The van der Waals surface area contributed by atoms with E-state index < -0.39 is 12.0 Å². The lowest BCUT2D eigenvalue weighted by atomic mass is 10.1. The fraction of sp³-hybridized carbons (Fsp3) is 0.300. The molecule has 130 valence electrons. The number of carbonyl (C=O) groups is 2. The number of rotatable bonds is 5. The third-order valence-corrected chi connectivity index (χ3v) is 4.39. The van der Waals surface area contributed by atoms with E-state index in [0.29, 0.717) is 11.3 Å². The fourth-order valence-electron chi connectivity index (χ4n) is 3.00. The van der Waals surface area contributed by atoms with Gasteiger partial charge in [-0.3, -0.25) is 9.59 Å². The van der Waals surface area contributed by atoms with E-state index in [4.69, 9.17) is 10.5 Å². The lowest BCUT2D eigenvalue weighted by Crippen LogP contribution is -2.40. The number of ether oxygens (including phenoxy) is 1. The molecule has 0 saturated carbocycles. The summed E-state index contributed by atoms with van der Waals surface area (Å²) >= 11 is 0. The van der Waals surface area contributed by atoms with Gasteiger partial charge in [0.05, 0.1) is 0 Å². The Morgan fingerprint density at radius 1 is 0.920 bits per heavy atom. The average Bonchev–Trinajstić information content (AvgIpc) is 2.67. The largest absolute Gasteiger partial charge is 0.476 e. The minimum Gasteiger partial charge on any atom is -0.476 e. The quantitative estimate of drug-likeness (QED) is 0.911. The molecule has 1 aliphatic rings. The van der Waals surface area contributed by atoms with Crippen LogP contribution >= 0.6 is 0 Å². The molecule has 2 aromatic rings. The average molecular weight is 338 g/mol. The van der Waals surface area contributed by atoms with E-state index in [1.165, 1.54) is 0 Å². The van der Waals surface area contributed by atoms with Crippen LogP contribution in [-0.4, -0.2) is 29.8 Å². The van der Waals surface area contributed by atoms with Gasteiger partial charge in [0.2, 0.25) is 12.0 Å². The maximum absolute atomic E-state index is 13.0. The molecule has 1 atom stereocenters. The molecule has 5 nitrogen and oxygen atoms in total. The fourth-order valence-corrected chi connectivity index (χ4v) is 3.00. The molecular formula is C20H22N2O3. The van der Waals surface area contributed by atoms with Crippen LogP contribution in [0.5, 0.6) is 5.75 Å². The normalized spacial score (nSPS) is 15.4. The number of hydrogen-bond donors (Lipinski definition) is 1. The Morgan fingerprint density at radius 2 is 1.56 bits per heavy atom. The standard InChI is InChI=1S/C20H22N2O3/c21-19(23)16-9-11-17(12-10-16)25-18(15-7-3-1-4-8-15)20(24)22-13-5-2-6-14-22/h1,3-4,7-12,18H,2,5-6,13-14H2,(H2,21,23)/t18-/m1/s1.